The van der Waals surface area contributed by atoms with Crippen molar-refractivity contribution in [2.45, 2.75) is 6.92 Å². The first-order valence-corrected chi connectivity index (χ1v) is 10.9. The SMILES string of the molecule is C=CCN(c1ccc(C(=O)Nc2ccc(C(=O)OCC)c(Cl)c2)cc1)S(C)(=O)=O. The molecule has 0 aliphatic heterocycles. The summed E-state index contributed by atoms with van der Waals surface area (Å²) in [5.41, 5.74) is 1.36. The summed E-state index contributed by atoms with van der Waals surface area (Å²) < 4.78 is 29.9. The Morgan fingerprint density at radius 1 is 1.21 bits per heavy atom. The molecule has 1 N–H and O–H groups in total. The largest absolute Gasteiger partial charge is 0.462 e. The Bertz CT molecular complexity index is 1020. The zero-order chi connectivity index (χ0) is 21.6. The molecule has 9 heteroatoms. The molecule has 1 amide bonds. The van der Waals surface area contributed by atoms with E-state index in [1.54, 1.807) is 13.0 Å². The average Bonchev–Trinajstić information content (AvgIpc) is 2.65. The molecule has 0 radical (unpaired) electrons. The highest BCUT2D eigenvalue weighted by Crippen LogP contribution is 2.23. The number of rotatable bonds is 8. The summed E-state index contributed by atoms with van der Waals surface area (Å²) in [5.74, 6) is -0.952. The van der Waals surface area contributed by atoms with E-state index in [-0.39, 0.29) is 23.7 Å². The summed E-state index contributed by atoms with van der Waals surface area (Å²) in [6.45, 7) is 5.60. The summed E-state index contributed by atoms with van der Waals surface area (Å²) in [5, 5.41) is 2.83. The van der Waals surface area contributed by atoms with Crippen LogP contribution in [0.3, 0.4) is 0 Å². The van der Waals surface area contributed by atoms with Crippen LogP contribution < -0.4 is 9.62 Å². The van der Waals surface area contributed by atoms with E-state index in [2.05, 4.69) is 11.9 Å². The first-order valence-electron chi connectivity index (χ1n) is 8.64. The lowest BCUT2D eigenvalue weighted by atomic mass is 10.1. The van der Waals surface area contributed by atoms with E-state index in [9.17, 15) is 18.0 Å². The van der Waals surface area contributed by atoms with Crippen molar-refractivity contribution < 1.29 is 22.7 Å². The molecule has 0 aromatic heterocycles. The number of amides is 1. The number of carbonyl (C=O) groups excluding carboxylic acids is 2. The molecule has 0 fully saturated rings. The molecule has 2 aromatic carbocycles. The maximum absolute atomic E-state index is 12.5. The lowest BCUT2D eigenvalue weighted by molar-refractivity contribution is 0.0526. The van der Waals surface area contributed by atoms with Crippen LogP contribution in [0.4, 0.5) is 11.4 Å². The average molecular weight is 437 g/mol. The summed E-state index contributed by atoms with van der Waals surface area (Å²) in [6, 6.07) is 10.6. The number of anilines is 2. The van der Waals surface area contributed by atoms with E-state index in [4.69, 9.17) is 16.3 Å². The molecule has 0 aliphatic carbocycles. The molecule has 0 bridgehead atoms. The second-order valence-electron chi connectivity index (χ2n) is 6.00. The fourth-order valence-electron chi connectivity index (χ4n) is 2.50. The number of sulfonamides is 1. The number of hydrogen-bond donors (Lipinski definition) is 1. The first kappa shape index (κ1) is 22.4. The molecule has 7 nitrogen and oxygen atoms in total. The number of benzene rings is 2. The Labute approximate surface area is 175 Å². The Morgan fingerprint density at radius 2 is 1.86 bits per heavy atom. The van der Waals surface area contributed by atoms with Gasteiger partial charge in [0.25, 0.3) is 5.91 Å². The maximum atomic E-state index is 12.5. The molecular formula is C20H21ClN2O5S. The van der Waals surface area contributed by atoms with Crippen LogP contribution in [0.1, 0.15) is 27.6 Å². The van der Waals surface area contributed by atoms with Crippen LogP contribution in [0.2, 0.25) is 5.02 Å². The van der Waals surface area contributed by atoms with Crippen LogP contribution in [-0.2, 0) is 14.8 Å². The predicted octanol–water partition coefficient (Wildman–Crippen LogP) is 3.72. The maximum Gasteiger partial charge on any atom is 0.339 e. The van der Waals surface area contributed by atoms with Crippen molar-refractivity contribution in [3.8, 4) is 0 Å². The fraction of sp³-hybridized carbons (Fsp3) is 0.200. The fourth-order valence-corrected chi connectivity index (χ4v) is 3.64. The predicted molar refractivity (Wildman–Crippen MR) is 114 cm³/mol. The number of hydrogen-bond acceptors (Lipinski definition) is 5. The van der Waals surface area contributed by atoms with Crippen molar-refractivity contribution in [1.29, 1.82) is 0 Å². The van der Waals surface area contributed by atoms with Gasteiger partial charge in [-0.05, 0) is 49.4 Å². The van der Waals surface area contributed by atoms with Gasteiger partial charge in [0, 0.05) is 11.3 Å². The standard InChI is InChI=1S/C20H21ClN2O5S/c1-4-12-23(29(3,26)27)16-9-6-14(7-10-16)19(24)22-15-8-11-17(18(21)13-15)20(25)28-5-2/h4,6-11,13H,1,5,12H2,2-3H3,(H,22,24). The lowest BCUT2D eigenvalue weighted by Crippen LogP contribution is -2.29. The van der Waals surface area contributed by atoms with Crippen LogP contribution in [0.15, 0.2) is 55.1 Å². The number of halogens is 1. The topological polar surface area (TPSA) is 92.8 Å². The monoisotopic (exact) mass is 436 g/mol. The minimum absolute atomic E-state index is 0.121. The van der Waals surface area contributed by atoms with E-state index < -0.39 is 21.9 Å². The Balaban J connectivity index is 2.16. The van der Waals surface area contributed by atoms with Gasteiger partial charge in [-0.25, -0.2) is 13.2 Å². The molecule has 0 saturated carbocycles. The Kier molecular flexibility index (Phi) is 7.41. The Morgan fingerprint density at radius 3 is 2.38 bits per heavy atom. The second-order valence-corrected chi connectivity index (χ2v) is 8.31. The van der Waals surface area contributed by atoms with Crippen molar-refractivity contribution in [3.05, 3.63) is 71.3 Å². The number of carbonyl (C=O) groups is 2. The van der Waals surface area contributed by atoms with Gasteiger partial charge in [0.1, 0.15) is 0 Å². The number of nitrogens with one attached hydrogen (secondary N) is 1. The third-order valence-corrected chi connectivity index (χ3v) is 5.31. The third-order valence-electron chi connectivity index (χ3n) is 3.84. The zero-order valence-electron chi connectivity index (χ0n) is 16.0. The van der Waals surface area contributed by atoms with Gasteiger partial charge in [-0.3, -0.25) is 9.10 Å². The molecule has 0 unspecified atom stereocenters. The van der Waals surface area contributed by atoms with Crippen LogP contribution >= 0.6 is 11.6 Å². The number of esters is 1. The summed E-state index contributed by atoms with van der Waals surface area (Å²) >= 11 is 6.09. The van der Waals surface area contributed by atoms with Gasteiger partial charge < -0.3 is 10.1 Å². The molecule has 154 valence electrons. The highest BCUT2D eigenvalue weighted by molar-refractivity contribution is 7.92. The van der Waals surface area contributed by atoms with Crippen LogP contribution in [0.5, 0.6) is 0 Å². The van der Waals surface area contributed by atoms with E-state index in [0.717, 1.165) is 6.26 Å². The highest BCUT2D eigenvalue weighted by atomic mass is 35.5. The van der Waals surface area contributed by atoms with E-state index >= 15 is 0 Å². The number of nitrogens with zero attached hydrogens (tertiary/aromatic N) is 1. The molecule has 0 atom stereocenters. The molecule has 2 rings (SSSR count). The quantitative estimate of drug-likeness (QED) is 0.502. The van der Waals surface area contributed by atoms with Gasteiger partial charge >= 0.3 is 5.97 Å². The highest BCUT2D eigenvalue weighted by Gasteiger charge is 2.17. The number of ether oxygens (including phenoxy) is 1. The van der Waals surface area contributed by atoms with Crippen molar-refractivity contribution in [3.63, 3.8) is 0 Å². The Hall–Kier alpha value is -2.84. The molecule has 2 aromatic rings. The van der Waals surface area contributed by atoms with Crippen molar-refractivity contribution in [2.75, 3.05) is 29.0 Å². The van der Waals surface area contributed by atoms with Gasteiger partial charge in [0.05, 0.1) is 35.7 Å². The second kappa shape index (κ2) is 9.58. The molecule has 29 heavy (non-hydrogen) atoms. The lowest BCUT2D eigenvalue weighted by Gasteiger charge is -2.20. The molecule has 0 spiro atoms. The van der Waals surface area contributed by atoms with Crippen LogP contribution in [0.25, 0.3) is 0 Å². The van der Waals surface area contributed by atoms with Gasteiger partial charge in [-0.15, -0.1) is 6.58 Å². The minimum atomic E-state index is -3.47. The van der Waals surface area contributed by atoms with E-state index in [1.165, 1.54) is 46.8 Å². The molecule has 0 aliphatic rings. The smallest absolute Gasteiger partial charge is 0.339 e. The summed E-state index contributed by atoms with van der Waals surface area (Å²) in [7, 11) is -3.47. The molecule has 0 saturated heterocycles. The van der Waals surface area contributed by atoms with Gasteiger partial charge in [-0.2, -0.15) is 0 Å². The van der Waals surface area contributed by atoms with Gasteiger partial charge in [-0.1, -0.05) is 17.7 Å². The minimum Gasteiger partial charge on any atom is -0.462 e. The summed E-state index contributed by atoms with van der Waals surface area (Å²) in [4.78, 5) is 24.2. The van der Waals surface area contributed by atoms with Crippen molar-refractivity contribution >= 4 is 44.9 Å². The molecular weight excluding hydrogens is 416 g/mol. The van der Waals surface area contributed by atoms with Crippen molar-refractivity contribution in [2.24, 2.45) is 0 Å². The first-order chi connectivity index (χ1) is 13.7. The van der Waals surface area contributed by atoms with Gasteiger partial charge in [0.2, 0.25) is 10.0 Å². The van der Waals surface area contributed by atoms with E-state index in [0.29, 0.717) is 16.9 Å². The van der Waals surface area contributed by atoms with Crippen LogP contribution in [0, 0.1) is 0 Å². The molecule has 0 heterocycles. The van der Waals surface area contributed by atoms with Gasteiger partial charge in [0.15, 0.2) is 0 Å². The zero-order valence-corrected chi connectivity index (χ0v) is 17.6. The van der Waals surface area contributed by atoms with E-state index in [1.807, 2.05) is 0 Å². The third kappa shape index (κ3) is 5.82. The van der Waals surface area contributed by atoms with Crippen molar-refractivity contribution in [1.82, 2.24) is 0 Å². The van der Waals surface area contributed by atoms with Crippen LogP contribution in [-0.4, -0.2) is 39.7 Å². The summed E-state index contributed by atoms with van der Waals surface area (Å²) in [6.07, 6.45) is 2.58. The normalized spacial score (nSPS) is 10.9.